The summed E-state index contributed by atoms with van der Waals surface area (Å²) in [4.78, 5) is 15.5. The maximum atomic E-state index is 12.9. The number of rotatable bonds is 10. The second kappa shape index (κ2) is 11.2. The van der Waals surface area contributed by atoms with Crippen LogP contribution in [-0.4, -0.2) is 51.3 Å². The molecule has 0 radical (unpaired) electrons. The fourth-order valence-corrected chi connectivity index (χ4v) is 4.08. The SMILES string of the molecule is COc1ccc(-c2coc3cc(OCCCCCCN4CCNCC4)ccc3c2=O)cc1. The summed E-state index contributed by atoms with van der Waals surface area (Å²) in [6.07, 6.45) is 6.19. The first-order valence-corrected chi connectivity index (χ1v) is 11.5. The zero-order chi connectivity index (χ0) is 22.2. The third kappa shape index (κ3) is 5.69. The van der Waals surface area contributed by atoms with Crippen LogP contribution in [0.25, 0.3) is 22.1 Å². The molecule has 6 nitrogen and oxygen atoms in total. The zero-order valence-electron chi connectivity index (χ0n) is 18.8. The normalized spacial score (nSPS) is 14.5. The summed E-state index contributed by atoms with van der Waals surface area (Å²) in [6.45, 7) is 6.44. The van der Waals surface area contributed by atoms with E-state index < -0.39 is 0 Å². The second-order valence-corrected chi connectivity index (χ2v) is 8.22. The van der Waals surface area contributed by atoms with E-state index in [2.05, 4.69) is 10.2 Å². The molecular weight excluding hydrogens is 404 g/mol. The highest BCUT2D eigenvalue weighted by Gasteiger charge is 2.11. The summed E-state index contributed by atoms with van der Waals surface area (Å²) in [5, 5.41) is 3.94. The summed E-state index contributed by atoms with van der Waals surface area (Å²) < 4.78 is 16.9. The van der Waals surface area contributed by atoms with Crippen LogP contribution in [0.2, 0.25) is 0 Å². The van der Waals surface area contributed by atoms with E-state index in [1.807, 2.05) is 30.3 Å². The van der Waals surface area contributed by atoms with E-state index in [1.165, 1.54) is 45.2 Å². The van der Waals surface area contributed by atoms with Crippen molar-refractivity contribution in [1.29, 1.82) is 0 Å². The lowest BCUT2D eigenvalue weighted by atomic mass is 10.1. The van der Waals surface area contributed by atoms with Gasteiger partial charge in [-0.05, 0) is 49.2 Å². The summed E-state index contributed by atoms with van der Waals surface area (Å²) in [7, 11) is 1.62. The van der Waals surface area contributed by atoms with E-state index in [1.54, 1.807) is 19.2 Å². The van der Waals surface area contributed by atoms with Crippen LogP contribution in [0.15, 0.2) is 57.9 Å². The minimum Gasteiger partial charge on any atom is -0.497 e. The molecule has 1 aromatic heterocycles. The fraction of sp³-hybridized carbons (Fsp3) is 0.423. The van der Waals surface area contributed by atoms with Crippen LogP contribution in [0.1, 0.15) is 25.7 Å². The molecule has 0 aliphatic carbocycles. The first-order valence-electron chi connectivity index (χ1n) is 11.5. The van der Waals surface area contributed by atoms with Gasteiger partial charge >= 0.3 is 0 Å². The van der Waals surface area contributed by atoms with Gasteiger partial charge in [-0.25, -0.2) is 0 Å². The number of ether oxygens (including phenoxy) is 2. The molecule has 2 heterocycles. The first-order chi connectivity index (χ1) is 15.7. The molecule has 1 aliphatic rings. The molecule has 1 saturated heterocycles. The topological polar surface area (TPSA) is 63.9 Å². The number of nitrogens with one attached hydrogen (secondary N) is 1. The van der Waals surface area contributed by atoms with E-state index in [4.69, 9.17) is 13.9 Å². The number of benzene rings is 2. The predicted molar refractivity (Wildman–Crippen MR) is 128 cm³/mol. The van der Waals surface area contributed by atoms with Gasteiger partial charge in [0.15, 0.2) is 5.43 Å². The van der Waals surface area contributed by atoms with Crippen LogP contribution in [-0.2, 0) is 0 Å². The Kier molecular flexibility index (Phi) is 7.80. The number of fused-ring (bicyclic) bond motifs is 1. The summed E-state index contributed by atoms with van der Waals surface area (Å²) >= 11 is 0. The Labute approximate surface area is 189 Å². The molecule has 2 aromatic carbocycles. The smallest absolute Gasteiger partial charge is 0.200 e. The van der Waals surface area contributed by atoms with Gasteiger partial charge in [0.2, 0.25) is 0 Å². The first kappa shape index (κ1) is 22.4. The Balaban J connectivity index is 1.27. The Bertz CT molecular complexity index is 1060. The van der Waals surface area contributed by atoms with Gasteiger partial charge in [-0.1, -0.05) is 25.0 Å². The van der Waals surface area contributed by atoms with E-state index in [-0.39, 0.29) is 5.43 Å². The van der Waals surface area contributed by atoms with Crippen LogP contribution in [0.5, 0.6) is 11.5 Å². The highest BCUT2D eigenvalue weighted by atomic mass is 16.5. The Morgan fingerprint density at radius 2 is 1.72 bits per heavy atom. The highest BCUT2D eigenvalue weighted by molar-refractivity contribution is 5.82. The van der Waals surface area contributed by atoms with Crippen LogP contribution >= 0.6 is 0 Å². The van der Waals surface area contributed by atoms with Gasteiger partial charge in [0.05, 0.1) is 24.7 Å². The average molecular weight is 437 g/mol. The number of nitrogens with zero attached hydrogens (tertiary/aromatic N) is 1. The lowest BCUT2D eigenvalue weighted by Crippen LogP contribution is -2.43. The minimum atomic E-state index is -0.0487. The molecule has 0 unspecified atom stereocenters. The number of hydrogen-bond donors (Lipinski definition) is 1. The lowest BCUT2D eigenvalue weighted by Gasteiger charge is -2.26. The molecule has 0 saturated carbocycles. The summed E-state index contributed by atoms with van der Waals surface area (Å²) in [6, 6.07) is 12.8. The summed E-state index contributed by atoms with van der Waals surface area (Å²) in [5.74, 6) is 1.49. The van der Waals surface area contributed by atoms with Gasteiger partial charge in [-0.3, -0.25) is 4.79 Å². The molecule has 0 amide bonds. The molecule has 0 atom stereocenters. The van der Waals surface area contributed by atoms with E-state index in [0.717, 1.165) is 36.6 Å². The van der Waals surface area contributed by atoms with E-state index in [9.17, 15) is 4.79 Å². The second-order valence-electron chi connectivity index (χ2n) is 8.22. The van der Waals surface area contributed by atoms with Crippen LogP contribution in [0, 0.1) is 0 Å². The lowest BCUT2D eigenvalue weighted by molar-refractivity contribution is 0.234. The molecule has 170 valence electrons. The van der Waals surface area contributed by atoms with Crippen LogP contribution < -0.4 is 20.2 Å². The summed E-state index contributed by atoms with van der Waals surface area (Å²) in [5.41, 5.74) is 1.83. The molecule has 4 rings (SSSR count). The van der Waals surface area contributed by atoms with Gasteiger partial charge in [0, 0.05) is 32.2 Å². The fourth-order valence-electron chi connectivity index (χ4n) is 4.08. The van der Waals surface area contributed by atoms with Crippen molar-refractivity contribution in [3.8, 4) is 22.6 Å². The molecule has 1 fully saturated rings. The monoisotopic (exact) mass is 436 g/mol. The van der Waals surface area contributed by atoms with Gasteiger partial charge in [0.1, 0.15) is 23.3 Å². The van der Waals surface area contributed by atoms with Crippen LogP contribution in [0.3, 0.4) is 0 Å². The van der Waals surface area contributed by atoms with Crippen molar-refractivity contribution >= 4 is 11.0 Å². The van der Waals surface area contributed by atoms with E-state index in [0.29, 0.717) is 23.1 Å². The molecule has 32 heavy (non-hydrogen) atoms. The average Bonchev–Trinajstić information content (AvgIpc) is 2.84. The highest BCUT2D eigenvalue weighted by Crippen LogP contribution is 2.24. The quantitative estimate of drug-likeness (QED) is 0.478. The third-order valence-electron chi connectivity index (χ3n) is 5.99. The molecule has 0 spiro atoms. The molecule has 6 heteroatoms. The van der Waals surface area contributed by atoms with Gasteiger partial charge in [-0.15, -0.1) is 0 Å². The van der Waals surface area contributed by atoms with Crippen molar-refractivity contribution in [1.82, 2.24) is 10.2 Å². The van der Waals surface area contributed by atoms with Crippen molar-refractivity contribution in [3.05, 3.63) is 59.0 Å². The van der Waals surface area contributed by atoms with E-state index >= 15 is 0 Å². The number of unbranched alkanes of at least 4 members (excludes halogenated alkanes) is 3. The maximum absolute atomic E-state index is 12.9. The largest absolute Gasteiger partial charge is 0.497 e. The molecule has 3 aromatic rings. The van der Waals surface area contributed by atoms with Crippen LogP contribution in [0.4, 0.5) is 0 Å². The van der Waals surface area contributed by atoms with Gasteiger partial charge < -0.3 is 24.1 Å². The third-order valence-corrected chi connectivity index (χ3v) is 5.99. The Morgan fingerprint density at radius 1 is 0.969 bits per heavy atom. The van der Waals surface area contributed by atoms with Crippen molar-refractivity contribution in [2.75, 3.05) is 46.4 Å². The maximum Gasteiger partial charge on any atom is 0.200 e. The van der Waals surface area contributed by atoms with Crippen molar-refractivity contribution in [3.63, 3.8) is 0 Å². The number of hydrogen-bond acceptors (Lipinski definition) is 6. The van der Waals surface area contributed by atoms with Gasteiger partial charge in [0.25, 0.3) is 0 Å². The van der Waals surface area contributed by atoms with Gasteiger partial charge in [-0.2, -0.15) is 0 Å². The molecular formula is C26H32N2O4. The number of piperazine rings is 1. The molecule has 1 N–H and O–H groups in total. The van der Waals surface area contributed by atoms with Crippen molar-refractivity contribution in [2.24, 2.45) is 0 Å². The van der Waals surface area contributed by atoms with Crippen molar-refractivity contribution in [2.45, 2.75) is 25.7 Å². The predicted octanol–water partition coefficient (Wildman–Crippen LogP) is 4.31. The van der Waals surface area contributed by atoms with Crippen molar-refractivity contribution < 1.29 is 13.9 Å². The number of methoxy groups -OCH3 is 1. The molecule has 1 aliphatic heterocycles. The zero-order valence-corrected chi connectivity index (χ0v) is 18.8. The Hall–Kier alpha value is -2.83. The minimum absolute atomic E-state index is 0.0487. The Morgan fingerprint density at radius 3 is 2.50 bits per heavy atom. The molecule has 0 bridgehead atoms. The standard InChI is InChI=1S/C26H32N2O4/c1-30-21-8-6-20(7-9-21)24-19-32-25-18-22(10-11-23(25)26(24)29)31-17-5-3-2-4-14-28-15-12-27-13-16-28/h6-11,18-19,27H,2-5,12-17H2,1H3.